The number of benzene rings is 2. The molecule has 0 spiro atoms. The maximum Gasteiger partial charge on any atom is 0.267 e. The van der Waals surface area contributed by atoms with Crippen molar-refractivity contribution in [3.63, 3.8) is 0 Å². The van der Waals surface area contributed by atoms with Gasteiger partial charge in [-0.05, 0) is 43.7 Å². The van der Waals surface area contributed by atoms with Gasteiger partial charge in [0.1, 0.15) is 11.2 Å². The zero-order chi connectivity index (χ0) is 21.3. The minimum atomic E-state index is -3.92. The average molecular weight is 443 g/mol. The summed E-state index contributed by atoms with van der Waals surface area (Å²) in [6.45, 7) is 3.79. The Morgan fingerprint density at radius 1 is 1.03 bits per heavy atom. The van der Waals surface area contributed by atoms with Gasteiger partial charge in [-0.15, -0.1) is 5.10 Å². The molecule has 2 heterocycles. The molecule has 0 fully saturated rings. The molecule has 154 valence electrons. The molecule has 0 saturated heterocycles. The molecule has 0 atom stereocenters. The largest absolute Gasteiger partial charge is 0.267 e. The minimum Gasteiger partial charge on any atom is -0.246 e. The number of halogens is 1. The third-order valence-corrected chi connectivity index (χ3v) is 6.30. The van der Waals surface area contributed by atoms with Crippen LogP contribution in [0.2, 0.25) is 5.02 Å². The van der Waals surface area contributed by atoms with Crippen molar-refractivity contribution in [2.45, 2.75) is 25.3 Å². The Balaban J connectivity index is 1.58. The van der Waals surface area contributed by atoms with Crippen LogP contribution in [0.3, 0.4) is 0 Å². The van der Waals surface area contributed by atoms with Crippen LogP contribution in [0, 0.1) is 13.8 Å². The fourth-order valence-corrected chi connectivity index (χ4v) is 4.80. The van der Waals surface area contributed by atoms with Gasteiger partial charge in [0.05, 0.1) is 23.6 Å². The van der Waals surface area contributed by atoms with Crippen molar-refractivity contribution in [2.75, 3.05) is 4.72 Å². The Morgan fingerprint density at radius 2 is 1.80 bits per heavy atom. The molecule has 2 aromatic heterocycles. The first-order chi connectivity index (χ1) is 14.3. The summed E-state index contributed by atoms with van der Waals surface area (Å²) in [6.07, 6.45) is 1.46. The van der Waals surface area contributed by atoms with Gasteiger partial charge in [-0.1, -0.05) is 41.9 Å². The van der Waals surface area contributed by atoms with E-state index in [1.165, 1.54) is 11.0 Å². The summed E-state index contributed by atoms with van der Waals surface area (Å²) in [5, 5.41) is 9.23. The number of aryl methyl sites for hydroxylation is 1. The van der Waals surface area contributed by atoms with Gasteiger partial charge < -0.3 is 0 Å². The van der Waals surface area contributed by atoms with E-state index in [4.69, 9.17) is 11.6 Å². The van der Waals surface area contributed by atoms with Gasteiger partial charge in [-0.3, -0.25) is 0 Å². The first-order valence-electron chi connectivity index (χ1n) is 9.12. The van der Waals surface area contributed by atoms with Gasteiger partial charge in [0, 0.05) is 5.02 Å². The Bertz CT molecular complexity index is 1300. The number of anilines is 1. The number of sulfonamides is 1. The lowest BCUT2D eigenvalue weighted by atomic mass is 10.2. The summed E-state index contributed by atoms with van der Waals surface area (Å²) in [5.74, 6) is -0.0108. The Morgan fingerprint density at radius 3 is 2.53 bits per heavy atom. The molecule has 0 radical (unpaired) electrons. The van der Waals surface area contributed by atoms with Crippen molar-refractivity contribution in [3.05, 3.63) is 82.9 Å². The van der Waals surface area contributed by atoms with Crippen LogP contribution in [0.15, 0.2) is 65.8 Å². The molecule has 8 nitrogen and oxygen atoms in total. The second kappa shape index (κ2) is 7.92. The molecule has 0 amide bonds. The normalized spacial score (nSPS) is 11.6. The Hall–Kier alpha value is -3.17. The van der Waals surface area contributed by atoms with E-state index in [1.807, 2.05) is 48.5 Å². The van der Waals surface area contributed by atoms with E-state index in [0.29, 0.717) is 23.0 Å². The molecule has 0 aliphatic heterocycles. The monoisotopic (exact) mass is 442 g/mol. The van der Waals surface area contributed by atoms with Crippen LogP contribution in [-0.4, -0.2) is 33.0 Å². The highest BCUT2D eigenvalue weighted by molar-refractivity contribution is 7.92. The zero-order valence-corrected chi connectivity index (χ0v) is 17.9. The predicted molar refractivity (Wildman–Crippen MR) is 114 cm³/mol. The smallest absolute Gasteiger partial charge is 0.246 e. The summed E-state index contributed by atoms with van der Waals surface area (Å²) in [7, 11) is -3.92. The molecule has 10 heteroatoms. The summed E-state index contributed by atoms with van der Waals surface area (Å²) < 4.78 is 31.7. The zero-order valence-electron chi connectivity index (χ0n) is 16.3. The van der Waals surface area contributed by atoms with Gasteiger partial charge in [-0.2, -0.15) is 10.1 Å². The highest BCUT2D eigenvalue weighted by Gasteiger charge is 2.26. The lowest BCUT2D eigenvalue weighted by Gasteiger charge is -2.07. The number of rotatable bonds is 6. The maximum atomic E-state index is 13.0. The van der Waals surface area contributed by atoms with Gasteiger partial charge in [-0.25, -0.2) is 22.5 Å². The van der Waals surface area contributed by atoms with Crippen molar-refractivity contribution in [2.24, 2.45) is 0 Å². The van der Waals surface area contributed by atoms with E-state index in [9.17, 15) is 8.42 Å². The summed E-state index contributed by atoms with van der Waals surface area (Å²) in [6, 6.07) is 16.7. The van der Waals surface area contributed by atoms with Crippen molar-refractivity contribution in [1.29, 1.82) is 0 Å². The van der Waals surface area contributed by atoms with Crippen LogP contribution >= 0.6 is 11.6 Å². The number of hydrogen-bond donors (Lipinski definition) is 1. The molecule has 4 rings (SSSR count). The number of nitrogens with one attached hydrogen (secondary N) is 1. The van der Waals surface area contributed by atoms with E-state index in [1.54, 1.807) is 24.6 Å². The third-order valence-electron chi connectivity index (χ3n) is 4.49. The molecule has 0 unspecified atom stereocenters. The molecule has 30 heavy (non-hydrogen) atoms. The summed E-state index contributed by atoms with van der Waals surface area (Å²) in [4.78, 5) is 4.18. The first-order valence-corrected chi connectivity index (χ1v) is 11.0. The van der Waals surface area contributed by atoms with Gasteiger partial charge in [0.15, 0.2) is 0 Å². The van der Waals surface area contributed by atoms with Crippen molar-refractivity contribution < 1.29 is 8.42 Å². The second-order valence-corrected chi connectivity index (χ2v) is 8.80. The fraction of sp³-hybridized carbons (Fsp3) is 0.150. The number of nitrogens with zero attached hydrogens (tertiary/aromatic N) is 5. The highest BCUT2D eigenvalue weighted by Crippen LogP contribution is 2.24. The van der Waals surface area contributed by atoms with E-state index in [2.05, 4.69) is 19.9 Å². The van der Waals surface area contributed by atoms with Crippen molar-refractivity contribution >= 4 is 27.6 Å². The van der Waals surface area contributed by atoms with Crippen molar-refractivity contribution in [1.82, 2.24) is 24.5 Å². The average Bonchev–Trinajstić information content (AvgIpc) is 3.25. The number of aromatic nitrogens is 5. The van der Waals surface area contributed by atoms with Crippen LogP contribution in [0.4, 0.5) is 5.95 Å². The molecule has 2 aromatic carbocycles. The van der Waals surface area contributed by atoms with Crippen LogP contribution in [0.25, 0.3) is 5.69 Å². The minimum absolute atomic E-state index is 0.0108. The van der Waals surface area contributed by atoms with Crippen molar-refractivity contribution in [3.8, 4) is 5.69 Å². The third kappa shape index (κ3) is 4.07. The van der Waals surface area contributed by atoms with Crippen LogP contribution < -0.4 is 4.72 Å². The fourth-order valence-electron chi connectivity index (χ4n) is 3.25. The van der Waals surface area contributed by atoms with Crippen LogP contribution in [0.1, 0.15) is 17.0 Å². The highest BCUT2D eigenvalue weighted by atomic mass is 35.5. The molecule has 0 aliphatic carbocycles. The van der Waals surface area contributed by atoms with Crippen LogP contribution in [-0.2, 0) is 16.6 Å². The van der Waals surface area contributed by atoms with Gasteiger partial charge in [0.2, 0.25) is 0 Å². The number of hydrogen-bond acceptors (Lipinski definition) is 5. The predicted octanol–water partition coefficient (Wildman–Crippen LogP) is 3.58. The first kappa shape index (κ1) is 20.1. The SMILES string of the molecule is Cc1nn(-c2ccccc2)c(C)c1S(=O)(=O)Nc1ncn(Cc2cccc(Cl)c2)n1. The molecule has 0 saturated carbocycles. The molecular weight excluding hydrogens is 424 g/mol. The van der Waals surface area contributed by atoms with E-state index >= 15 is 0 Å². The standard InChI is InChI=1S/C20H19ClN6O2S/c1-14-19(15(2)27(23-14)18-9-4-3-5-10-18)30(28,29)25-20-22-13-26(24-20)12-16-7-6-8-17(21)11-16/h3-11,13H,12H2,1-2H3,(H,24,25). The molecule has 1 N–H and O–H groups in total. The Kier molecular flexibility index (Phi) is 5.31. The molecule has 0 bridgehead atoms. The molecular formula is C20H19ClN6O2S. The topological polar surface area (TPSA) is 94.7 Å². The number of para-hydroxylation sites is 1. The quantitative estimate of drug-likeness (QED) is 0.492. The lowest BCUT2D eigenvalue weighted by Crippen LogP contribution is -2.16. The Labute approximate surface area is 179 Å². The van der Waals surface area contributed by atoms with Crippen LogP contribution in [0.5, 0.6) is 0 Å². The van der Waals surface area contributed by atoms with E-state index in [-0.39, 0.29) is 10.8 Å². The summed E-state index contributed by atoms with van der Waals surface area (Å²) in [5.41, 5.74) is 2.60. The lowest BCUT2D eigenvalue weighted by molar-refractivity contribution is 0.599. The molecule has 4 aromatic rings. The summed E-state index contributed by atoms with van der Waals surface area (Å²) >= 11 is 6.00. The molecule has 0 aliphatic rings. The second-order valence-electron chi connectivity index (χ2n) is 6.75. The maximum absolute atomic E-state index is 13.0. The van der Waals surface area contributed by atoms with E-state index < -0.39 is 10.0 Å². The van der Waals surface area contributed by atoms with E-state index in [0.717, 1.165) is 11.3 Å². The van der Waals surface area contributed by atoms with Gasteiger partial charge in [0.25, 0.3) is 16.0 Å². The van der Waals surface area contributed by atoms with Gasteiger partial charge >= 0.3 is 0 Å².